The number of carbonyl (C=O) groups excluding carboxylic acids is 1. The zero-order valence-corrected chi connectivity index (χ0v) is 19.4. The molecular weight excluding hydrogens is 464 g/mol. The number of nitrogens with zero attached hydrogens (tertiary/aromatic N) is 3. The van der Waals surface area contributed by atoms with E-state index in [1.54, 1.807) is 29.2 Å². The number of phenolic OH excluding ortho intramolecular Hbond substituents is 2. The lowest BCUT2D eigenvalue weighted by atomic mass is 10.1. The van der Waals surface area contributed by atoms with Gasteiger partial charge in [-0.15, -0.1) is 0 Å². The molecule has 0 spiro atoms. The Labute approximate surface area is 206 Å². The second-order valence-corrected chi connectivity index (χ2v) is 8.46. The van der Waals surface area contributed by atoms with Crippen LogP contribution in [0.25, 0.3) is 22.4 Å². The molecule has 36 heavy (non-hydrogen) atoms. The van der Waals surface area contributed by atoms with Gasteiger partial charge in [0.2, 0.25) is 5.75 Å². The van der Waals surface area contributed by atoms with E-state index in [4.69, 9.17) is 4.74 Å². The van der Waals surface area contributed by atoms with Gasteiger partial charge in [0.15, 0.2) is 11.5 Å². The summed E-state index contributed by atoms with van der Waals surface area (Å²) >= 11 is 0. The van der Waals surface area contributed by atoms with Crippen LogP contribution in [0, 0.1) is 0 Å². The molecule has 1 saturated heterocycles. The highest BCUT2D eigenvalue weighted by molar-refractivity contribution is 6.04. The number of amides is 1. The van der Waals surface area contributed by atoms with Crippen molar-refractivity contribution in [3.8, 4) is 28.6 Å². The molecule has 0 radical (unpaired) electrons. The number of imidazole rings is 1. The maximum Gasteiger partial charge on any atom is 0.336 e. The van der Waals surface area contributed by atoms with Crippen molar-refractivity contribution >= 4 is 28.6 Å². The van der Waals surface area contributed by atoms with Crippen molar-refractivity contribution < 1.29 is 29.6 Å². The largest absolute Gasteiger partial charge is 0.504 e. The van der Waals surface area contributed by atoms with Crippen LogP contribution in [0.3, 0.4) is 0 Å². The average molecular weight is 489 g/mol. The van der Waals surface area contributed by atoms with Crippen LogP contribution in [0.4, 0.5) is 5.69 Å². The Bertz CT molecular complexity index is 1470. The zero-order chi connectivity index (χ0) is 25.4. The third-order valence-corrected chi connectivity index (χ3v) is 6.33. The van der Waals surface area contributed by atoms with Crippen LogP contribution in [0.2, 0.25) is 0 Å². The highest BCUT2D eigenvalue weighted by Gasteiger charge is 2.25. The molecule has 4 aromatic rings. The Kier molecular flexibility index (Phi) is 5.85. The molecule has 0 unspecified atom stereocenters. The fourth-order valence-corrected chi connectivity index (χ4v) is 4.41. The van der Waals surface area contributed by atoms with Crippen LogP contribution < -0.4 is 9.64 Å². The number of nitrogens with one attached hydrogen (secondary N) is 1. The van der Waals surface area contributed by atoms with Crippen LogP contribution in [0.1, 0.15) is 20.7 Å². The van der Waals surface area contributed by atoms with Crippen LogP contribution in [0.5, 0.6) is 17.2 Å². The smallest absolute Gasteiger partial charge is 0.336 e. The highest BCUT2D eigenvalue weighted by atomic mass is 16.5. The molecule has 0 aliphatic carbocycles. The van der Waals surface area contributed by atoms with Crippen molar-refractivity contribution in [1.82, 2.24) is 14.9 Å². The number of fused-ring (bicyclic) bond motifs is 1. The van der Waals surface area contributed by atoms with E-state index in [2.05, 4.69) is 14.9 Å². The van der Waals surface area contributed by atoms with Crippen molar-refractivity contribution in [2.75, 3.05) is 38.2 Å². The third-order valence-electron chi connectivity index (χ3n) is 6.33. The molecular formula is C26H24N4O6. The van der Waals surface area contributed by atoms with E-state index in [0.717, 1.165) is 16.7 Å². The van der Waals surface area contributed by atoms with Crippen molar-refractivity contribution in [2.45, 2.75) is 0 Å². The lowest BCUT2D eigenvalue weighted by Crippen LogP contribution is -2.49. The number of phenols is 2. The van der Waals surface area contributed by atoms with E-state index < -0.39 is 5.97 Å². The lowest BCUT2D eigenvalue weighted by Gasteiger charge is -2.36. The summed E-state index contributed by atoms with van der Waals surface area (Å²) in [4.78, 5) is 36.1. The van der Waals surface area contributed by atoms with Gasteiger partial charge in [0.05, 0.1) is 29.3 Å². The average Bonchev–Trinajstić information content (AvgIpc) is 3.33. The molecule has 10 nitrogen and oxygen atoms in total. The summed E-state index contributed by atoms with van der Waals surface area (Å²) < 4.78 is 5.12. The number of anilines is 1. The molecule has 0 atom stereocenters. The number of rotatable bonds is 5. The van der Waals surface area contributed by atoms with Crippen molar-refractivity contribution in [2.24, 2.45) is 0 Å². The Morgan fingerprint density at radius 2 is 1.69 bits per heavy atom. The lowest BCUT2D eigenvalue weighted by molar-refractivity contribution is 0.0673. The van der Waals surface area contributed by atoms with Gasteiger partial charge >= 0.3 is 5.97 Å². The number of aromatic hydroxyl groups is 2. The molecule has 5 rings (SSSR count). The molecule has 184 valence electrons. The first-order valence-electron chi connectivity index (χ1n) is 11.3. The molecule has 1 aliphatic heterocycles. The van der Waals surface area contributed by atoms with Gasteiger partial charge in [0.1, 0.15) is 5.82 Å². The standard InChI is InChI=1S/C26H24N4O6/c1-36-22-13-15(12-21(31)23(22)32)24-27-19-7-6-16(14-20(19)28-24)29-8-10-30(11-9-29)25(33)17-4-2-3-5-18(17)26(34)35/h2-7,12-14,31-32H,8-11H2,1H3,(H,27,28)(H,34,35). The quantitative estimate of drug-likeness (QED) is 0.314. The van der Waals surface area contributed by atoms with E-state index >= 15 is 0 Å². The second-order valence-electron chi connectivity index (χ2n) is 8.46. The second kappa shape index (κ2) is 9.14. The minimum absolute atomic E-state index is 0.00397. The maximum absolute atomic E-state index is 13.0. The number of benzene rings is 3. The Hall–Kier alpha value is -4.73. The first kappa shape index (κ1) is 23.0. The molecule has 0 bridgehead atoms. The molecule has 1 aromatic heterocycles. The van der Waals surface area contributed by atoms with E-state index in [1.807, 2.05) is 18.2 Å². The predicted molar refractivity (Wildman–Crippen MR) is 133 cm³/mol. The number of aromatic carboxylic acids is 1. The number of piperazine rings is 1. The van der Waals surface area contributed by atoms with Crippen molar-refractivity contribution in [3.05, 3.63) is 65.7 Å². The summed E-state index contributed by atoms with van der Waals surface area (Å²) in [5, 5.41) is 29.3. The number of hydrogen-bond donors (Lipinski definition) is 4. The molecule has 10 heteroatoms. The number of carboxylic acid groups (broad SMARTS) is 1. The fraction of sp³-hybridized carbons (Fsp3) is 0.192. The third kappa shape index (κ3) is 4.13. The van der Waals surface area contributed by atoms with Gasteiger partial charge < -0.3 is 34.8 Å². The van der Waals surface area contributed by atoms with Gasteiger partial charge in [0.25, 0.3) is 5.91 Å². The minimum atomic E-state index is -1.12. The number of carboxylic acids is 1. The van der Waals surface area contributed by atoms with Gasteiger partial charge in [-0.25, -0.2) is 9.78 Å². The molecule has 1 aliphatic rings. The molecule has 4 N–H and O–H groups in total. The van der Waals surface area contributed by atoms with Gasteiger partial charge in [0, 0.05) is 37.4 Å². The number of ether oxygens (including phenoxy) is 1. The molecule has 3 aromatic carbocycles. The van der Waals surface area contributed by atoms with Crippen molar-refractivity contribution in [1.29, 1.82) is 0 Å². The Morgan fingerprint density at radius 3 is 2.39 bits per heavy atom. The van der Waals surface area contributed by atoms with Gasteiger partial charge in [-0.3, -0.25) is 4.79 Å². The highest BCUT2D eigenvalue weighted by Crippen LogP contribution is 2.39. The normalized spacial score (nSPS) is 13.7. The van der Waals surface area contributed by atoms with Crippen LogP contribution in [0.15, 0.2) is 54.6 Å². The predicted octanol–water partition coefficient (Wildman–Crippen LogP) is 3.31. The van der Waals surface area contributed by atoms with Crippen LogP contribution in [-0.2, 0) is 0 Å². The number of methoxy groups -OCH3 is 1. The molecule has 2 heterocycles. The zero-order valence-electron chi connectivity index (χ0n) is 19.4. The van der Waals surface area contributed by atoms with E-state index in [-0.39, 0.29) is 34.3 Å². The van der Waals surface area contributed by atoms with E-state index in [9.17, 15) is 24.9 Å². The molecule has 1 amide bonds. The SMILES string of the molecule is COc1cc(-c2nc3cc(N4CCN(C(=O)c5ccccc5C(=O)O)CC4)ccc3[nH]2)cc(O)c1O. The monoisotopic (exact) mass is 488 g/mol. The Balaban J connectivity index is 1.33. The topological polar surface area (TPSA) is 139 Å². The first-order chi connectivity index (χ1) is 17.4. The van der Waals surface area contributed by atoms with Crippen molar-refractivity contribution in [3.63, 3.8) is 0 Å². The van der Waals surface area contributed by atoms with E-state index in [0.29, 0.717) is 37.6 Å². The fourth-order valence-electron chi connectivity index (χ4n) is 4.41. The van der Waals surface area contributed by atoms with E-state index in [1.165, 1.54) is 19.2 Å². The summed E-state index contributed by atoms with van der Waals surface area (Å²) in [7, 11) is 1.40. The maximum atomic E-state index is 13.0. The minimum Gasteiger partial charge on any atom is -0.504 e. The summed E-state index contributed by atoms with van der Waals surface area (Å²) in [6.45, 7) is 2.10. The van der Waals surface area contributed by atoms with Gasteiger partial charge in [-0.05, 0) is 42.5 Å². The van der Waals surface area contributed by atoms with Crippen LogP contribution >= 0.6 is 0 Å². The summed E-state index contributed by atoms with van der Waals surface area (Å²) in [5.74, 6) is -1.38. The summed E-state index contributed by atoms with van der Waals surface area (Å²) in [6, 6.07) is 15.1. The van der Waals surface area contributed by atoms with Gasteiger partial charge in [-0.1, -0.05) is 12.1 Å². The summed E-state index contributed by atoms with van der Waals surface area (Å²) in [6.07, 6.45) is 0. The molecule has 0 saturated carbocycles. The number of H-pyrrole nitrogens is 1. The number of hydrogen-bond acceptors (Lipinski definition) is 7. The number of aromatic nitrogens is 2. The first-order valence-corrected chi connectivity index (χ1v) is 11.3. The Morgan fingerprint density at radius 1 is 0.972 bits per heavy atom. The van der Waals surface area contributed by atoms with Crippen LogP contribution in [-0.4, -0.2) is 75.4 Å². The van der Waals surface area contributed by atoms with Gasteiger partial charge in [-0.2, -0.15) is 0 Å². The molecule has 1 fully saturated rings. The summed E-state index contributed by atoms with van der Waals surface area (Å²) in [5.41, 5.74) is 3.24. The number of aromatic amines is 1. The number of carbonyl (C=O) groups is 2.